The van der Waals surface area contributed by atoms with Crippen LogP contribution in [-0.2, 0) is 6.54 Å². The highest BCUT2D eigenvalue weighted by molar-refractivity contribution is 9.10. The number of piperidine rings is 1. The van der Waals surface area contributed by atoms with Crippen LogP contribution in [0.4, 0.5) is 0 Å². The van der Waals surface area contributed by atoms with Gasteiger partial charge in [-0.3, -0.25) is 4.90 Å². The maximum Gasteiger partial charge on any atom is 0.335 e. The number of rotatable bonds is 6. The highest BCUT2D eigenvalue weighted by Crippen LogP contribution is 2.19. The van der Waals surface area contributed by atoms with Crippen LogP contribution in [0.2, 0.25) is 0 Å². The fraction of sp³-hybridized carbons (Fsp3) is 0.562. The third kappa shape index (κ3) is 4.80. The van der Waals surface area contributed by atoms with Crippen molar-refractivity contribution < 1.29 is 9.90 Å². The second kappa shape index (κ2) is 7.92. The largest absolute Gasteiger partial charge is 0.478 e. The second-order valence-corrected chi connectivity index (χ2v) is 6.54. The molecule has 0 bridgehead atoms. The molecular weight excluding hydrogens is 332 g/mol. The summed E-state index contributed by atoms with van der Waals surface area (Å²) >= 11 is 3.45. The molecule has 21 heavy (non-hydrogen) atoms. The summed E-state index contributed by atoms with van der Waals surface area (Å²) in [4.78, 5) is 13.4. The monoisotopic (exact) mass is 354 g/mol. The summed E-state index contributed by atoms with van der Waals surface area (Å²) in [6, 6.07) is 5.72. The van der Waals surface area contributed by atoms with Crippen LogP contribution >= 0.6 is 15.9 Å². The molecule has 1 atom stereocenters. The summed E-state index contributed by atoms with van der Waals surface area (Å²) in [6.45, 7) is 6.38. The maximum absolute atomic E-state index is 10.9. The lowest BCUT2D eigenvalue weighted by Crippen LogP contribution is -2.42. The molecule has 0 radical (unpaired) electrons. The molecule has 5 heteroatoms. The fourth-order valence-electron chi connectivity index (χ4n) is 2.73. The first-order valence-electron chi connectivity index (χ1n) is 7.54. The molecule has 1 unspecified atom stereocenters. The molecule has 0 aliphatic carbocycles. The van der Waals surface area contributed by atoms with Gasteiger partial charge in [-0.15, -0.1) is 0 Å². The molecule has 1 aliphatic heterocycles. The van der Waals surface area contributed by atoms with Crippen molar-refractivity contribution in [3.63, 3.8) is 0 Å². The molecule has 1 saturated heterocycles. The maximum atomic E-state index is 10.9. The van der Waals surface area contributed by atoms with Crippen molar-refractivity contribution in [1.29, 1.82) is 0 Å². The zero-order valence-electron chi connectivity index (χ0n) is 12.4. The van der Waals surface area contributed by atoms with E-state index in [2.05, 4.69) is 33.1 Å². The minimum absolute atomic E-state index is 0.312. The summed E-state index contributed by atoms with van der Waals surface area (Å²) in [7, 11) is 0. The Morgan fingerprint density at radius 2 is 2.10 bits per heavy atom. The predicted molar refractivity (Wildman–Crippen MR) is 87.7 cm³/mol. The molecule has 0 saturated carbocycles. The summed E-state index contributed by atoms with van der Waals surface area (Å²) in [5.74, 6) is -0.895. The Bertz CT molecular complexity index is 487. The van der Waals surface area contributed by atoms with Gasteiger partial charge in [-0.2, -0.15) is 0 Å². The Hall–Kier alpha value is -0.910. The van der Waals surface area contributed by atoms with Crippen molar-refractivity contribution in [1.82, 2.24) is 10.2 Å². The van der Waals surface area contributed by atoms with Gasteiger partial charge in [0, 0.05) is 23.6 Å². The molecular formula is C16H23BrN2O2. The number of halogens is 1. The van der Waals surface area contributed by atoms with E-state index >= 15 is 0 Å². The number of nitrogens with one attached hydrogen (secondary N) is 1. The van der Waals surface area contributed by atoms with Crippen LogP contribution in [0.5, 0.6) is 0 Å². The first-order chi connectivity index (χ1) is 10.1. The van der Waals surface area contributed by atoms with Crippen LogP contribution in [0.15, 0.2) is 22.7 Å². The summed E-state index contributed by atoms with van der Waals surface area (Å²) in [6.07, 6.45) is 3.98. The van der Waals surface area contributed by atoms with Gasteiger partial charge in [-0.05, 0) is 50.6 Å². The van der Waals surface area contributed by atoms with E-state index in [0.29, 0.717) is 11.6 Å². The van der Waals surface area contributed by atoms with Crippen LogP contribution < -0.4 is 5.32 Å². The van der Waals surface area contributed by atoms with Crippen molar-refractivity contribution in [3.8, 4) is 0 Å². The molecule has 1 aromatic rings. The van der Waals surface area contributed by atoms with Crippen LogP contribution in [0.3, 0.4) is 0 Å². The molecule has 2 N–H and O–H groups in total. The molecule has 2 rings (SSSR count). The van der Waals surface area contributed by atoms with Gasteiger partial charge in [-0.1, -0.05) is 28.4 Å². The lowest BCUT2D eigenvalue weighted by Gasteiger charge is -2.32. The lowest BCUT2D eigenvalue weighted by molar-refractivity contribution is 0.0697. The Morgan fingerprint density at radius 1 is 1.38 bits per heavy atom. The van der Waals surface area contributed by atoms with Gasteiger partial charge in [0.05, 0.1) is 5.56 Å². The quantitative estimate of drug-likeness (QED) is 0.823. The molecule has 1 heterocycles. The Morgan fingerprint density at radius 3 is 2.71 bits per heavy atom. The van der Waals surface area contributed by atoms with E-state index in [4.69, 9.17) is 5.11 Å². The molecule has 0 spiro atoms. The van der Waals surface area contributed by atoms with E-state index in [-0.39, 0.29) is 0 Å². The first-order valence-corrected chi connectivity index (χ1v) is 8.33. The molecule has 4 nitrogen and oxygen atoms in total. The number of carboxylic acid groups (broad SMARTS) is 1. The van der Waals surface area contributed by atoms with Crippen molar-refractivity contribution in [3.05, 3.63) is 33.8 Å². The molecule has 0 amide bonds. The third-order valence-electron chi connectivity index (χ3n) is 4.07. The van der Waals surface area contributed by atoms with Crippen LogP contribution in [-0.4, -0.2) is 41.7 Å². The van der Waals surface area contributed by atoms with E-state index in [1.165, 1.54) is 32.4 Å². The zero-order chi connectivity index (χ0) is 15.2. The van der Waals surface area contributed by atoms with Gasteiger partial charge < -0.3 is 10.4 Å². The predicted octanol–water partition coefficient (Wildman–Crippen LogP) is 3.11. The fourth-order valence-corrected chi connectivity index (χ4v) is 3.25. The van der Waals surface area contributed by atoms with Crippen molar-refractivity contribution in [2.45, 2.75) is 38.8 Å². The van der Waals surface area contributed by atoms with Gasteiger partial charge in [0.15, 0.2) is 0 Å². The molecule has 1 aliphatic rings. The van der Waals surface area contributed by atoms with Gasteiger partial charge in [0.2, 0.25) is 0 Å². The van der Waals surface area contributed by atoms with Crippen LogP contribution in [0, 0.1) is 0 Å². The number of nitrogens with zero attached hydrogens (tertiary/aromatic N) is 1. The van der Waals surface area contributed by atoms with Gasteiger partial charge >= 0.3 is 5.97 Å². The highest BCUT2D eigenvalue weighted by atomic mass is 79.9. The normalized spacial score (nSPS) is 17.6. The number of carbonyl (C=O) groups is 1. The number of carboxylic acids is 1. The van der Waals surface area contributed by atoms with Crippen LogP contribution in [0.25, 0.3) is 0 Å². The average Bonchev–Trinajstić information content (AvgIpc) is 2.49. The summed E-state index contributed by atoms with van der Waals surface area (Å²) in [5, 5.41) is 12.4. The molecule has 0 aromatic heterocycles. The van der Waals surface area contributed by atoms with Crippen molar-refractivity contribution in [2.24, 2.45) is 0 Å². The third-order valence-corrected chi connectivity index (χ3v) is 4.81. The number of benzene rings is 1. The van der Waals surface area contributed by atoms with E-state index in [1.807, 2.05) is 6.07 Å². The Labute approximate surface area is 134 Å². The summed E-state index contributed by atoms with van der Waals surface area (Å²) in [5.41, 5.74) is 1.40. The first kappa shape index (κ1) is 16.5. The van der Waals surface area contributed by atoms with Crippen molar-refractivity contribution in [2.75, 3.05) is 19.6 Å². The SMILES string of the molecule is CC(CNCc1ccc(C(=O)O)cc1Br)N1CCCCC1. The number of likely N-dealkylation sites (tertiary alicyclic amines) is 1. The Kier molecular flexibility index (Phi) is 6.21. The topological polar surface area (TPSA) is 52.6 Å². The molecule has 1 aromatic carbocycles. The molecule has 116 valence electrons. The lowest BCUT2D eigenvalue weighted by atomic mass is 10.1. The van der Waals surface area contributed by atoms with Gasteiger partial charge in [0.1, 0.15) is 0 Å². The number of hydrogen-bond donors (Lipinski definition) is 2. The van der Waals surface area contributed by atoms with Gasteiger partial charge in [0.25, 0.3) is 0 Å². The minimum atomic E-state index is -0.895. The highest BCUT2D eigenvalue weighted by Gasteiger charge is 2.16. The van der Waals surface area contributed by atoms with Gasteiger partial charge in [-0.25, -0.2) is 4.79 Å². The molecule has 1 fully saturated rings. The average molecular weight is 355 g/mol. The van der Waals surface area contributed by atoms with E-state index in [9.17, 15) is 4.79 Å². The van der Waals surface area contributed by atoms with E-state index < -0.39 is 5.97 Å². The standard InChI is InChI=1S/C16H23BrN2O2/c1-12(19-7-3-2-4-8-19)10-18-11-14-6-5-13(16(20)21)9-15(14)17/h5-6,9,12,18H,2-4,7-8,10-11H2,1H3,(H,20,21). The zero-order valence-corrected chi connectivity index (χ0v) is 14.0. The number of hydrogen-bond acceptors (Lipinski definition) is 3. The van der Waals surface area contributed by atoms with E-state index in [1.54, 1.807) is 12.1 Å². The smallest absolute Gasteiger partial charge is 0.335 e. The summed E-state index contributed by atoms with van der Waals surface area (Å²) < 4.78 is 0.848. The van der Waals surface area contributed by atoms with Crippen LogP contribution in [0.1, 0.15) is 42.1 Å². The number of aromatic carboxylic acids is 1. The second-order valence-electron chi connectivity index (χ2n) is 5.69. The van der Waals surface area contributed by atoms with Crippen molar-refractivity contribution >= 4 is 21.9 Å². The Balaban J connectivity index is 1.81. The van der Waals surface area contributed by atoms with E-state index in [0.717, 1.165) is 23.1 Å². The minimum Gasteiger partial charge on any atom is -0.478 e.